The van der Waals surface area contributed by atoms with E-state index in [0.717, 1.165) is 51.4 Å². The first kappa shape index (κ1) is 16.4. The van der Waals surface area contributed by atoms with E-state index < -0.39 is 0 Å². The van der Waals surface area contributed by atoms with Gasteiger partial charge in [0, 0.05) is 0 Å². The van der Waals surface area contributed by atoms with Crippen LogP contribution in [0.5, 0.6) is 0 Å². The fraction of sp³-hybridized carbons (Fsp3) is 0.867. The summed E-state index contributed by atoms with van der Waals surface area (Å²) in [7, 11) is 6.42. The zero-order valence-electron chi connectivity index (χ0n) is 12.8. The molecule has 0 N–H and O–H groups in total. The van der Waals surface area contributed by atoms with Crippen molar-refractivity contribution >= 4 is 27.5 Å². The molecule has 2 aliphatic rings. The van der Waals surface area contributed by atoms with Crippen LogP contribution < -0.4 is 0 Å². The Morgan fingerprint density at radius 1 is 0.857 bits per heavy atom. The smallest absolute Gasteiger partial charge is 0.378 e. The molecule has 0 aromatic carbocycles. The van der Waals surface area contributed by atoms with Crippen LogP contribution in [0.15, 0.2) is 0 Å². The van der Waals surface area contributed by atoms with Gasteiger partial charge in [-0.3, -0.25) is 9.59 Å². The van der Waals surface area contributed by atoms with Crippen molar-refractivity contribution < 1.29 is 18.9 Å². The van der Waals surface area contributed by atoms with E-state index in [0.29, 0.717) is 11.8 Å². The van der Waals surface area contributed by atoms with Gasteiger partial charge in [0.15, 0.2) is 0 Å². The highest BCUT2D eigenvalue weighted by Crippen LogP contribution is 2.41. The topological polar surface area (TPSA) is 52.6 Å². The van der Waals surface area contributed by atoms with E-state index in [2.05, 4.69) is 4.65 Å². The molecule has 0 unspecified atom stereocenters. The highest BCUT2D eigenvalue weighted by atomic mass is 16.5. The molecule has 6 heteroatoms. The zero-order chi connectivity index (χ0) is 15.2. The molecule has 2 saturated carbocycles. The molecule has 4 nitrogen and oxygen atoms in total. The average Bonchev–Trinajstić information content (AvgIpc) is 2.54. The van der Waals surface area contributed by atoms with E-state index in [1.807, 2.05) is 0 Å². The van der Waals surface area contributed by atoms with Crippen LogP contribution in [0.4, 0.5) is 0 Å². The second-order valence-electron chi connectivity index (χ2n) is 6.33. The fourth-order valence-electron chi connectivity index (χ4n) is 3.96. The van der Waals surface area contributed by atoms with Crippen molar-refractivity contribution in [2.24, 2.45) is 23.7 Å². The molecule has 0 atom stereocenters. The predicted molar refractivity (Wildman–Crippen MR) is 80.5 cm³/mol. The van der Waals surface area contributed by atoms with Crippen LogP contribution in [-0.2, 0) is 18.9 Å². The molecule has 0 aliphatic heterocycles. The van der Waals surface area contributed by atoms with Gasteiger partial charge >= 0.3 is 15.5 Å². The van der Waals surface area contributed by atoms with Gasteiger partial charge in [0.05, 0.1) is 11.8 Å². The van der Waals surface area contributed by atoms with E-state index in [9.17, 15) is 9.59 Å². The Bertz CT molecular complexity index is 359. The molecule has 0 bridgehead atoms. The highest BCUT2D eigenvalue weighted by molar-refractivity contribution is 6.28. The third-order valence-corrected chi connectivity index (χ3v) is 5.23. The minimum absolute atomic E-state index is 0.0161. The van der Waals surface area contributed by atoms with Gasteiger partial charge in [0.25, 0.3) is 11.9 Å². The maximum Gasteiger partial charge on any atom is 0.378 e. The summed E-state index contributed by atoms with van der Waals surface area (Å²) in [6.45, 7) is 1.73. The summed E-state index contributed by atoms with van der Waals surface area (Å²) in [6.07, 6.45) is 7.97. The SMILES string of the molecule is [B]OC(=O)C1CCC(C2CCC(C(=O)O[B]C)CC2)CC1. The number of carbonyl (C=O) groups excluding carboxylic acids is 2. The van der Waals surface area contributed by atoms with Crippen LogP contribution in [0.25, 0.3) is 0 Å². The first-order valence-electron chi connectivity index (χ1n) is 8.04. The van der Waals surface area contributed by atoms with Gasteiger partial charge in [0.1, 0.15) is 0 Å². The summed E-state index contributed by atoms with van der Waals surface area (Å²) in [5, 5.41) is 0. The quantitative estimate of drug-likeness (QED) is 0.746. The number of carbonyl (C=O) groups is 2. The summed E-state index contributed by atoms with van der Waals surface area (Å²) in [6, 6.07) is 0. The van der Waals surface area contributed by atoms with E-state index in [1.54, 1.807) is 6.82 Å². The third kappa shape index (κ3) is 4.27. The van der Waals surface area contributed by atoms with Crippen LogP contribution >= 0.6 is 0 Å². The van der Waals surface area contributed by atoms with Crippen molar-refractivity contribution in [1.29, 1.82) is 0 Å². The van der Waals surface area contributed by atoms with Crippen molar-refractivity contribution in [2.45, 2.75) is 58.2 Å². The monoisotopic (exact) mass is 289 g/mol. The van der Waals surface area contributed by atoms with Gasteiger partial charge < -0.3 is 9.31 Å². The van der Waals surface area contributed by atoms with Crippen LogP contribution in [-0.4, -0.2) is 27.5 Å². The lowest BCUT2D eigenvalue weighted by atomic mass is 9.69. The van der Waals surface area contributed by atoms with Gasteiger partial charge in [0.2, 0.25) is 0 Å². The minimum Gasteiger partial charge on any atom is -0.543 e. The lowest BCUT2D eigenvalue weighted by Gasteiger charge is -2.36. The molecule has 21 heavy (non-hydrogen) atoms. The summed E-state index contributed by atoms with van der Waals surface area (Å²) >= 11 is 0. The number of rotatable bonds is 4. The van der Waals surface area contributed by atoms with Crippen molar-refractivity contribution in [3.63, 3.8) is 0 Å². The normalized spacial score (nSPS) is 33.0. The Morgan fingerprint density at radius 3 is 1.67 bits per heavy atom. The molecular weight excluding hydrogens is 266 g/mol. The van der Waals surface area contributed by atoms with E-state index in [-0.39, 0.29) is 23.8 Å². The number of hydrogen-bond donors (Lipinski definition) is 0. The molecule has 2 aliphatic carbocycles. The maximum absolute atomic E-state index is 11.7. The van der Waals surface area contributed by atoms with Crippen LogP contribution in [0, 0.1) is 23.7 Å². The van der Waals surface area contributed by atoms with Crippen LogP contribution in [0.1, 0.15) is 51.4 Å². The van der Waals surface area contributed by atoms with Gasteiger partial charge in [-0.2, -0.15) is 0 Å². The van der Waals surface area contributed by atoms with E-state index in [4.69, 9.17) is 12.7 Å². The Kier molecular flexibility index (Phi) is 6.19. The largest absolute Gasteiger partial charge is 0.543 e. The molecule has 3 radical (unpaired) electrons. The van der Waals surface area contributed by atoms with Gasteiger partial charge in [-0.15, -0.1) is 0 Å². The molecule has 0 spiro atoms. The molecule has 0 saturated heterocycles. The Labute approximate surface area is 129 Å². The maximum atomic E-state index is 11.7. The standard InChI is InChI=1S/C15H23B2O4/c1-17-21-15(19)13-8-4-11(5-9-13)10-2-6-12(7-3-10)14(18)20-16/h10-13H,2-9H2,1H3. The second-order valence-corrected chi connectivity index (χ2v) is 6.33. The third-order valence-electron chi connectivity index (χ3n) is 5.23. The Morgan fingerprint density at radius 2 is 1.29 bits per heavy atom. The summed E-state index contributed by atoms with van der Waals surface area (Å²) in [4.78, 5) is 23.1. The fourth-order valence-corrected chi connectivity index (χ4v) is 3.96. The first-order chi connectivity index (χ1) is 10.2. The molecule has 2 rings (SSSR count). The summed E-state index contributed by atoms with van der Waals surface area (Å²) in [5.41, 5.74) is 0. The van der Waals surface area contributed by atoms with Crippen molar-refractivity contribution in [3.8, 4) is 0 Å². The summed E-state index contributed by atoms with van der Waals surface area (Å²) < 4.78 is 9.33. The molecule has 0 aromatic heterocycles. The average molecular weight is 289 g/mol. The number of hydrogen-bond acceptors (Lipinski definition) is 4. The lowest BCUT2D eigenvalue weighted by molar-refractivity contribution is -0.142. The van der Waals surface area contributed by atoms with E-state index in [1.165, 1.54) is 7.48 Å². The first-order valence-corrected chi connectivity index (χ1v) is 8.04. The van der Waals surface area contributed by atoms with Crippen molar-refractivity contribution in [3.05, 3.63) is 0 Å². The summed E-state index contributed by atoms with van der Waals surface area (Å²) in [5.74, 6) is 1.08. The lowest BCUT2D eigenvalue weighted by Crippen LogP contribution is -2.31. The molecule has 113 valence electrons. The zero-order valence-corrected chi connectivity index (χ0v) is 12.8. The van der Waals surface area contributed by atoms with Crippen LogP contribution in [0.2, 0.25) is 6.82 Å². The second kappa shape index (κ2) is 7.90. The van der Waals surface area contributed by atoms with Gasteiger partial charge in [-0.1, -0.05) is 6.82 Å². The van der Waals surface area contributed by atoms with Gasteiger partial charge in [-0.05, 0) is 63.2 Å². The molecular formula is C15H23B2O4. The minimum atomic E-state index is -0.268. The van der Waals surface area contributed by atoms with Gasteiger partial charge in [-0.25, -0.2) is 0 Å². The van der Waals surface area contributed by atoms with Crippen molar-refractivity contribution in [2.75, 3.05) is 0 Å². The Balaban J connectivity index is 1.74. The highest BCUT2D eigenvalue weighted by Gasteiger charge is 2.34. The Hall–Kier alpha value is -0.930. The van der Waals surface area contributed by atoms with Crippen LogP contribution in [0.3, 0.4) is 0 Å². The predicted octanol–water partition coefficient (Wildman–Crippen LogP) is 2.44. The van der Waals surface area contributed by atoms with Crippen molar-refractivity contribution in [1.82, 2.24) is 0 Å². The molecule has 0 heterocycles. The molecule has 0 aromatic rings. The molecule has 2 fully saturated rings. The van der Waals surface area contributed by atoms with E-state index >= 15 is 0 Å². The molecule has 0 amide bonds.